The number of pyridine rings is 1. The molecule has 0 saturated carbocycles. The molecule has 1 aromatic heterocycles. The third kappa shape index (κ3) is 3.60. The van der Waals surface area contributed by atoms with E-state index in [1.54, 1.807) is 19.1 Å². The Morgan fingerprint density at radius 2 is 2.05 bits per heavy atom. The van der Waals surface area contributed by atoms with Crippen molar-refractivity contribution in [1.82, 2.24) is 4.98 Å². The molecule has 0 saturated heterocycles. The Kier molecular flexibility index (Phi) is 4.78. The molecular formula is C14H13IN2O3. The SMILES string of the molecule is CCOC(=O)c1cc(N)cnc1Oc1ccc(I)cc1. The van der Waals surface area contributed by atoms with Crippen LogP contribution >= 0.6 is 22.6 Å². The standard InChI is InChI=1S/C14H13IN2O3/c1-2-19-14(18)12-7-10(16)8-17-13(12)20-11-5-3-9(15)4-6-11/h3-8H,2,16H2,1H3. The second-order valence-electron chi connectivity index (χ2n) is 3.90. The number of rotatable bonds is 4. The Morgan fingerprint density at radius 1 is 1.35 bits per heavy atom. The normalized spacial score (nSPS) is 10.1. The first-order valence-corrected chi connectivity index (χ1v) is 7.04. The molecule has 0 spiro atoms. The Bertz CT molecular complexity index is 614. The van der Waals surface area contributed by atoms with E-state index in [9.17, 15) is 4.79 Å². The summed E-state index contributed by atoms with van der Waals surface area (Å²) in [6.07, 6.45) is 1.44. The van der Waals surface area contributed by atoms with Gasteiger partial charge in [0.2, 0.25) is 5.88 Å². The van der Waals surface area contributed by atoms with E-state index in [4.69, 9.17) is 15.2 Å². The topological polar surface area (TPSA) is 74.4 Å². The largest absolute Gasteiger partial charge is 0.462 e. The van der Waals surface area contributed by atoms with Crippen LogP contribution in [0.5, 0.6) is 11.6 Å². The highest BCUT2D eigenvalue weighted by atomic mass is 127. The molecule has 0 amide bonds. The molecule has 20 heavy (non-hydrogen) atoms. The lowest BCUT2D eigenvalue weighted by Crippen LogP contribution is -2.08. The van der Waals surface area contributed by atoms with E-state index in [1.165, 1.54) is 12.3 Å². The summed E-state index contributed by atoms with van der Waals surface area (Å²) in [5, 5.41) is 0. The molecule has 0 aliphatic carbocycles. The molecule has 0 radical (unpaired) electrons. The molecule has 0 fully saturated rings. The van der Waals surface area contributed by atoms with Crippen LogP contribution < -0.4 is 10.5 Å². The Morgan fingerprint density at radius 3 is 2.70 bits per heavy atom. The second kappa shape index (κ2) is 6.56. The molecule has 0 bridgehead atoms. The van der Waals surface area contributed by atoms with Crippen LogP contribution in [0.4, 0.5) is 5.69 Å². The average molecular weight is 384 g/mol. The number of halogens is 1. The molecule has 2 N–H and O–H groups in total. The highest BCUT2D eigenvalue weighted by Crippen LogP contribution is 2.25. The van der Waals surface area contributed by atoms with Gasteiger partial charge in [0.25, 0.3) is 0 Å². The molecule has 2 rings (SSSR count). The third-order valence-corrected chi connectivity index (χ3v) is 3.11. The molecule has 1 heterocycles. The zero-order chi connectivity index (χ0) is 14.5. The van der Waals surface area contributed by atoms with Crippen molar-refractivity contribution in [3.05, 3.63) is 45.7 Å². The van der Waals surface area contributed by atoms with Gasteiger partial charge < -0.3 is 15.2 Å². The zero-order valence-corrected chi connectivity index (χ0v) is 13.0. The van der Waals surface area contributed by atoms with Gasteiger partial charge in [0.1, 0.15) is 11.3 Å². The summed E-state index contributed by atoms with van der Waals surface area (Å²) in [5.74, 6) is 0.264. The molecule has 0 unspecified atom stereocenters. The van der Waals surface area contributed by atoms with Gasteiger partial charge in [-0.05, 0) is 59.8 Å². The van der Waals surface area contributed by atoms with Crippen LogP contribution in [0.3, 0.4) is 0 Å². The number of nitrogen functional groups attached to an aromatic ring is 1. The maximum Gasteiger partial charge on any atom is 0.343 e. The molecule has 104 valence electrons. The summed E-state index contributed by atoms with van der Waals surface area (Å²) in [6.45, 7) is 2.01. The molecule has 1 aromatic carbocycles. The predicted molar refractivity (Wildman–Crippen MR) is 83.8 cm³/mol. The molecule has 0 atom stereocenters. The van der Waals surface area contributed by atoms with Crippen LogP contribution in [0.2, 0.25) is 0 Å². The zero-order valence-electron chi connectivity index (χ0n) is 10.8. The van der Waals surface area contributed by atoms with Gasteiger partial charge in [-0.25, -0.2) is 9.78 Å². The van der Waals surface area contributed by atoms with Crippen molar-refractivity contribution < 1.29 is 14.3 Å². The van der Waals surface area contributed by atoms with Crippen molar-refractivity contribution in [3.8, 4) is 11.6 Å². The number of carbonyl (C=O) groups is 1. The first-order chi connectivity index (χ1) is 9.60. The average Bonchev–Trinajstić information content (AvgIpc) is 2.43. The van der Waals surface area contributed by atoms with E-state index in [1.807, 2.05) is 12.1 Å². The van der Waals surface area contributed by atoms with Crippen LogP contribution in [-0.2, 0) is 4.74 Å². The van der Waals surface area contributed by atoms with Gasteiger partial charge in [-0.15, -0.1) is 0 Å². The summed E-state index contributed by atoms with van der Waals surface area (Å²) < 4.78 is 11.7. The lowest BCUT2D eigenvalue weighted by molar-refractivity contribution is 0.0523. The van der Waals surface area contributed by atoms with Crippen LogP contribution in [0.1, 0.15) is 17.3 Å². The quantitative estimate of drug-likeness (QED) is 0.647. The van der Waals surface area contributed by atoms with Gasteiger partial charge in [-0.1, -0.05) is 0 Å². The van der Waals surface area contributed by atoms with Gasteiger partial charge in [-0.2, -0.15) is 0 Å². The minimum atomic E-state index is -0.507. The first-order valence-electron chi connectivity index (χ1n) is 5.96. The summed E-state index contributed by atoms with van der Waals surface area (Å²) in [6, 6.07) is 8.89. The number of anilines is 1. The summed E-state index contributed by atoms with van der Waals surface area (Å²) in [4.78, 5) is 15.9. The van der Waals surface area contributed by atoms with Crippen molar-refractivity contribution >= 4 is 34.2 Å². The Hall–Kier alpha value is -1.83. The fourth-order valence-electron chi connectivity index (χ4n) is 1.52. The van der Waals surface area contributed by atoms with Crippen LogP contribution in [0.25, 0.3) is 0 Å². The second-order valence-corrected chi connectivity index (χ2v) is 5.14. The van der Waals surface area contributed by atoms with Gasteiger partial charge in [0, 0.05) is 3.57 Å². The van der Waals surface area contributed by atoms with Crippen molar-refractivity contribution in [2.75, 3.05) is 12.3 Å². The molecule has 0 aliphatic heterocycles. The van der Waals surface area contributed by atoms with Crippen molar-refractivity contribution in [1.29, 1.82) is 0 Å². The number of benzene rings is 1. The third-order valence-electron chi connectivity index (χ3n) is 2.40. The number of aromatic nitrogens is 1. The lowest BCUT2D eigenvalue weighted by atomic mass is 10.2. The van der Waals surface area contributed by atoms with Gasteiger partial charge in [0.15, 0.2) is 0 Å². The molecular weight excluding hydrogens is 371 g/mol. The number of hydrogen-bond acceptors (Lipinski definition) is 5. The van der Waals surface area contributed by atoms with E-state index >= 15 is 0 Å². The minimum Gasteiger partial charge on any atom is -0.462 e. The molecule has 0 aliphatic rings. The van der Waals surface area contributed by atoms with Crippen LogP contribution in [0, 0.1) is 3.57 Å². The summed E-state index contributed by atoms with van der Waals surface area (Å²) >= 11 is 2.20. The highest BCUT2D eigenvalue weighted by Gasteiger charge is 2.16. The van der Waals surface area contributed by atoms with Crippen molar-refractivity contribution in [3.63, 3.8) is 0 Å². The molecule has 2 aromatic rings. The fraction of sp³-hybridized carbons (Fsp3) is 0.143. The maximum atomic E-state index is 11.9. The number of ether oxygens (including phenoxy) is 2. The molecule has 6 heteroatoms. The fourth-order valence-corrected chi connectivity index (χ4v) is 1.88. The Balaban J connectivity index is 2.31. The van der Waals surface area contributed by atoms with Gasteiger partial charge in [-0.3, -0.25) is 0 Å². The van der Waals surface area contributed by atoms with Crippen molar-refractivity contribution in [2.45, 2.75) is 6.92 Å². The van der Waals surface area contributed by atoms with E-state index < -0.39 is 5.97 Å². The van der Waals surface area contributed by atoms with Gasteiger partial charge >= 0.3 is 5.97 Å². The van der Waals surface area contributed by atoms with E-state index in [0.717, 1.165) is 3.57 Å². The van der Waals surface area contributed by atoms with E-state index in [2.05, 4.69) is 27.6 Å². The number of hydrogen-bond donors (Lipinski definition) is 1. The summed E-state index contributed by atoms with van der Waals surface area (Å²) in [7, 11) is 0. The first kappa shape index (κ1) is 14.6. The number of carbonyl (C=O) groups excluding carboxylic acids is 1. The van der Waals surface area contributed by atoms with Crippen LogP contribution in [-0.4, -0.2) is 17.6 Å². The Labute approximate surface area is 130 Å². The minimum absolute atomic E-state index is 0.179. The van der Waals surface area contributed by atoms with Crippen molar-refractivity contribution in [2.24, 2.45) is 0 Å². The monoisotopic (exact) mass is 384 g/mol. The van der Waals surface area contributed by atoms with Crippen LogP contribution in [0.15, 0.2) is 36.5 Å². The summed E-state index contributed by atoms with van der Waals surface area (Å²) in [5.41, 5.74) is 6.24. The lowest BCUT2D eigenvalue weighted by Gasteiger charge is -2.10. The number of esters is 1. The number of nitrogens with two attached hydrogens (primary N) is 1. The number of nitrogens with zero attached hydrogens (tertiary/aromatic N) is 1. The van der Waals surface area contributed by atoms with Gasteiger partial charge in [0.05, 0.1) is 18.5 Å². The van der Waals surface area contributed by atoms with E-state index in [-0.39, 0.29) is 18.1 Å². The highest BCUT2D eigenvalue weighted by molar-refractivity contribution is 14.1. The predicted octanol–water partition coefficient (Wildman–Crippen LogP) is 3.24. The maximum absolute atomic E-state index is 11.9. The molecule has 5 nitrogen and oxygen atoms in total. The smallest absolute Gasteiger partial charge is 0.343 e. The van der Waals surface area contributed by atoms with E-state index in [0.29, 0.717) is 11.4 Å².